The molecule has 0 bridgehead atoms. The molecule has 9 nitrogen and oxygen atoms in total. The zero-order chi connectivity index (χ0) is 22.7. The van der Waals surface area contributed by atoms with Crippen molar-refractivity contribution in [2.45, 2.75) is 12.2 Å². The molecule has 4 atom stereocenters. The fraction of sp³-hybridized carbons (Fsp3) is 0.455. The summed E-state index contributed by atoms with van der Waals surface area (Å²) in [5.41, 5.74) is 1.23. The fourth-order valence-electron chi connectivity index (χ4n) is 4.08. The van der Waals surface area contributed by atoms with Gasteiger partial charge in [-0.3, -0.25) is 0 Å². The maximum absolute atomic E-state index is 10.2. The molecule has 2 aromatic carbocycles. The van der Waals surface area contributed by atoms with Gasteiger partial charge in [0, 0.05) is 25.0 Å². The van der Waals surface area contributed by atoms with E-state index >= 15 is 0 Å². The molecule has 0 saturated carbocycles. The summed E-state index contributed by atoms with van der Waals surface area (Å²) in [7, 11) is 5.69. The van der Waals surface area contributed by atoms with Crippen molar-refractivity contribution in [2.24, 2.45) is 11.8 Å². The van der Waals surface area contributed by atoms with Gasteiger partial charge in [0.25, 0.3) is 0 Å². The van der Waals surface area contributed by atoms with Gasteiger partial charge in [-0.1, -0.05) is 0 Å². The van der Waals surface area contributed by atoms with E-state index in [2.05, 4.69) is 0 Å². The first kappa shape index (κ1) is 22.8. The van der Waals surface area contributed by atoms with E-state index in [0.717, 1.165) is 0 Å². The summed E-state index contributed by atoms with van der Waals surface area (Å²) in [5.74, 6) is -0.401. The molecule has 0 aromatic heterocycles. The monoisotopic (exact) mass is 436 g/mol. The molecule has 0 spiro atoms. The molecule has 31 heavy (non-hydrogen) atoms. The van der Waals surface area contributed by atoms with Crippen molar-refractivity contribution in [3.05, 3.63) is 35.4 Å². The van der Waals surface area contributed by atoms with Crippen LogP contribution in [0.1, 0.15) is 23.3 Å². The van der Waals surface area contributed by atoms with Gasteiger partial charge in [0.05, 0.1) is 40.6 Å². The lowest BCUT2D eigenvalue weighted by Gasteiger charge is -2.22. The second kappa shape index (κ2) is 9.51. The molecule has 4 N–H and O–H groups in total. The molecule has 0 aliphatic carbocycles. The van der Waals surface area contributed by atoms with Crippen LogP contribution < -0.4 is 18.9 Å². The van der Waals surface area contributed by atoms with Crippen LogP contribution in [0.15, 0.2) is 24.3 Å². The largest absolute Gasteiger partial charge is 0.502 e. The number of benzene rings is 2. The SMILES string of the molecule is COc1cc([C@@H]2O[C@@H](c3cc(OC)c(O)c(OC)c3)[C@H](CO)[C@H]2CO)cc(OC)c1O. The Bertz CT molecular complexity index is 790. The topological polar surface area (TPSA) is 127 Å². The van der Waals surface area contributed by atoms with Crippen molar-refractivity contribution in [1.82, 2.24) is 0 Å². The van der Waals surface area contributed by atoms with Crippen molar-refractivity contribution in [3.63, 3.8) is 0 Å². The van der Waals surface area contributed by atoms with Gasteiger partial charge in [-0.15, -0.1) is 0 Å². The number of hydrogen-bond donors (Lipinski definition) is 4. The highest BCUT2D eigenvalue weighted by Gasteiger charge is 2.46. The number of ether oxygens (including phenoxy) is 5. The summed E-state index contributed by atoms with van der Waals surface area (Å²) < 4.78 is 27.3. The highest BCUT2D eigenvalue weighted by molar-refractivity contribution is 5.55. The molecule has 0 amide bonds. The molecule has 0 radical (unpaired) electrons. The van der Waals surface area contributed by atoms with Gasteiger partial charge >= 0.3 is 0 Å². The van der Waals surface area contributed by atoms with Crippen LogP contribution in [0.2, 0.25) is 0 Å². The Kier molecular flexibility index (Phi) is 6.99. The van der Waals surface area contributed by atoms with Gasteiger partial charge in [0.2, 0.25) is 11.5 Å². The van der Waals surface area contributed by atoms with E-state index in [4.69, 9.17) is 23.7 Å². The van der Waals surface area contributed by atoms with E-state index in [0.29, 0.717) is 11.1 Å². The van der Waals surface area contributed by atoms with Crippen LogP contribution in [0, 0.1) is 11.8 Å². The standard InChI is InChI=1S/C22H28O9/c1-27-15-5-11(6-16(28-2)19(15)25)21-13(9-23)14(10-24)22(31-21)12-7-17(29-3)20(26)18(8-12)30-4/h5-8,13-14,21-26H,9-10H2,1-4H3/t13-,14-,21+,22+/m1/s1. The molecule has 2 aromatic rings. The quantitative estimate of drug-likeness (QED) is 0.492. The van der Waals surface area contributed by atoms with Crippen molar-refractivity contribution in [3.8, 4) is 34.5 Å². The Morgan fingerprint density at radius 3 is 1.16 bits per heavy atom. The third kappa shape index (κ3) is 4.04. The fourth-order valence-corrected chi connectivity index (χ4v) is 4.08. The van der Waals surface area contributed by atoms with Crippen LogP contribution in [0.25, 0.3) is 0 Å². The van der Waals surface area contributed by atoms with Crippen molar-refractivity contribution in [2.75, 3.05) is 41.7 Å². The zero-order valence-corrected chi connectivity index (χ0v) is 17.9. The normalized spacial score (nSPS) is 22.9. The predicted molar refractivity (Wildman–Crippen MR) is 110 cm³/mol. The molecule has 1 aliphatic rings. The maximum atomic E-state index is 10.2. The van der Waals surface area contributed by atoms with Crippen molar-refractivity contribution >= 4 is 0 Å². The molecule has 1 aliphatic heterocycles. The highest BCUT2D eigenvalue weighted by Crippen LogP contribution is 2.52. The van der Waals surface area contributed by atoms with Crippen molar-refractivity contribution < 1.29 is 44.1 Å². The summed E-state index contributed by atoms with van der Waals surface area (Å²) in [5, 5.41) is 40.7. The second-order valence-electron chi connectivity index (χ2n) is 7.22. The minimum Gasteiger partial charge on any atom is -0.502 e. The average molecular weight is 436 g/mol. The van der Waals surface area contributed by atoms with Gasteiger partial charge in [0.1, 0.15) is 0 Å². The van der Waals surface area contributed by atoms with Gasteiger partial charge in [0.15, 0.2) is 23.0 Å². The Balaban J connectivity index is 2.07. The third-order valence-corrected chi connectivity index (χ3v) is 5.70. The van der Waals surface area contributed by atoms with Gasteiger partial charge < -0.3 is 44.1 Å². The molecule has 3 rings (SSSR count). The summed E-state index contributed by atoms with van der Waals surface area (Å²) in [6.45, 7) is -0.492. The number of aromatic hydroxyl groups is 2. The number of rotatable bonds is 8. The Morgan fingerprint density at radius 2 is 0.935 bits per heavy atom. The molecular weight excluding hydrogens is 408 g/mol. The smallest absolute Gasteiger partial charge is 0.200 e. The Hall–Kier alpha value is -2.88. The van der Waals surface area contributed by atoms with E-state index in [1.807, 2.05) is 0 Å². The highest BCUT2D eigenvalue weighted by atomic mass is 16.5. The van der Waals surface area contributed by atoms with Crippen LogP contribution in [0.5, 0.6) is 34.5 Å². The number of methoxy groups -OCH3 is 4. The average Bonchev–Trinajstić information content (AvgIpc) is 3.18. The van der Waals surface area contributed by atoms with E-state index in [1.165, 1.54) is 28.4 Å². The van der Waals surface area contributed by atoms with Crippen LogP contribution >= 0.6 is 0 Å². The molecular formula is C22H28O9. The molecule has 9 heteroatoms. The van der Waals surface area contributed by atoms with E-state index < -0.39 is 24.0 Å². The number of aliphatic hydroxyl groups is 2. The van der Waals surface area contributed by atoms with Gasteiger partial charge in [-0.05, 0) is 35.4 Å². The van der Waals surface area contributed by atoms with E-state index in [1.54, 1.807) is 24.3 Å². The lowest BCUT2D eigenvalue weighted by Crippen LogP contribution is -2.23. The van der Waals surface area contributed by atoms with Crippen LogP contribution in [0.4, 0.5) is 0 Å². The van der Waals surface area contributed by atoms with Crippen LogP contribution in [-0.4, -0.2) is 62.1 Å². The first-order valence-electron chi connectivity index (χ1n) is 9.70. The lowest BCUT2D eigenvalue weighted by molar-refractivity contribution is 0.0180. The first-order valence-corrected chi connectivity index (χ1v) is 9.70. The lowest BCUT2D eigenvalue weighted by atomic mass is 9.83. The predicted octanol–water partition coefficient (Wildman–Crippen LogP) is 2.16. The molecule has 0 unspecified atom stereocenters. The molecule has 1 fully saturated rings. The van der Waals surface area contributed by atoms with Crippen LogP contribution in [0.3, 0.4) is 0 Å². The van der Waals surface area contributed by atoms with Crippen molar-refractivity contribution in [1.29, 1.82) is 0 Å². The minimum atomic E-state index is -0.624. The van der Waals surface area contributed by atoms with E-state index in [-0.39, 0.29) is 47.7 Å². The number of aliphatic hydroxyl groups excluding tert-OH is 2. The molecule has 1 heterocycles. The Labute approximate surface area is 180 Å². The number of phenolic OH excluding ortho intramolecular Hbond substituents is 2. The summed E-state index contributed by atoms with van der Waals surface area (Å²) in [6.07, 6.45) is -1.25. The zero-order valence-electron chi connectivity index (χ0n) is 17.9. The van der Waals surface area contributed by atoms with E-state index in [9.17, 15) is 20.4 Å². The first-order chi connectivity index (χ1) is 14.9. The second-order valence-corrected chi connectivity index (χ2v) is 7.22. The molecule has 1 saturated heterocycles. The Morgan fingerprint density at radius 1 is 0.645 bits per heavy atom. The third-order valence-electron chi connectivity index (χ3n) is 5.70. The van der Waals surface area contributed by atoms with Gasteiger partial charge in [-0.2, -0.15) is 0 Å². The van der Waals surface area contributed by atoms with Gasteiger partial charge in [-0.25, -0.2) is 0 Å². The molecule has 170 valence electrons. The summed E-state index contributed by atoms with van der Waals surface area (Å²) >= 11 is 0. The number of phenols is 2. The van der Waals surface area contributed by atoms with Crippen LogP contribution in [-0.2, 0) is 4.74 Å². The maximum Gasteiger partial charge on any atom is 0.200 e. The summed E-state index contributed by atoms with van der Waals surface area (Å²) in [4.78, 5) is 0. The minimum absolute atomic E-state index is 0.143. The number of hydrogen-bond acceptors (Lipinski definition) is 9. The summed E-state index contributed by atoms with van der Waals surface area (Å²) in [6, 6.07) is 6.44.